The van der Waals surface area contributed by atoms with Crippen molar-refractivity contribution in [1.82, 2.24) is 10.3 Å². The number of esters is 1. The minimum absolute atomic E-state index is 0.0109. The highest BCUT2D eigenvalue weighted by molar-refractivity contribution is 7.91. The van der Waals surface area contributed by atoms with Gasteiger partial charge in [-0.25, -0.2) is 18.2 Å². The van der Waals surface area contributed by atoms with E-state index in [-0.39, 0.29) is 56.6 Å². The Bertz CT molecular complexity index is 2200. The largest absolute Gasteiger partial charge is 0.491 e. The molecule has 0 radical (unpaired) electrons. The highest BCUT2D eigenvalue weighted by Gasteiger charge is 2.52. The maximum absolute atomic E-state index is 14.5. The number of hydrogen-bond acceptors (Lipinski definition) is 10. The number of anilines is 2. The summed E-state index contributed by atoms with van der Waals surface area (Å²) in [6.07, 6.45) is -4.43. The summed E-state index contributed by atoms with van der Waals surface area (Å²) in [4.78, 5) is 31.1. The van der Waals surface area contributed by atoms with Crippen molar-refractivity contribution in [3.8, 4) is 11.5 Å². The van der Waals surface area contributed by atoms with Crippen LogP contribution < -0.4 is 25.8 Å². The van der Waals surface area contributed by atoms with Crippen LogP contribution in [0.15, 0.2) is 113 Å². The Morgan fingerprint density at radius 3 is 2.31 bits per heavy atom. The molecule has 0 aliphatic heterocycles. The number of nitrogen functional groups attached to an aromatic ring is 1. The zero-order chi connectivity index (χ0) is 37.7. The van der Waals surface area contributed by atoms with Gasteiger partial charge in [-0.1, -0.05) is 36.4 Å². The Morgan fingerprint density at radius 2 is 1.62 bits per heavy atom. The molecule has 1 aromatic heterocycles. The Labute approximate surface area is 297 Å². The van der Waals surface area contributed by atoms with Crippen molar-refractivity contribution in [2.75, 3.05) is 17.7 Å². The van der Waals surface area contributed by atoms with E-state index in [0.717, 1.165) is 0 Å². The van der Waals surface area contributed by atoms with Crippen molar-refractivity contribution in [1.29, 1.82) is 0 Å². The van der Waals surface area contributed by atoms with Crippen molar-refractivity contribution >= 4 is 44.0 Å². The number of hydrogen-bond donors (Lipinski definition) is 3. The molecule has 0 fully saturated rings. The molecule has 0 aliphatic carbocycles. The van der Waals surface area contributed by atoms with Gasteiger partial charge in [0.1, 0.15) is 5.82 Å². The standard InChI is InChI=1S/C37H35F3N4O7S/c1-4-49-31-21-26(14-17-30(31)50-23(2)3)36(51-35(46)37(38,39)40,44-27-15-16-29-24(20-27)18-19-42-33(29)41)34(45)43-22-25-10-8-9-13-32(25)52(47,48)28-11-6-5-7-12-28/h5-21,23,44H,4,22H2,1-3H3,(H2,41,42)(H,43,45). The van der Waals surface area contributed by atoms with Gasteiger partial charge < -0.3 is 30.6 Å². The van der Waals surface area contributed by atoms with Crippen LogP contribution in [-0.4, -0.2) is 44.2 Å². The molecule has 5 rings (SSSR count). The number of benzene rings is 4. The maximum atomic E-state index is 14.5. The number of rotatable bonds is 13. The number of pyridine rings is 1. The van der Waals surface area contributed by atoms with Gasteiger partial charge in [-0.2, -0.15) is 13.2 Å². The van der Waals surface area contributed by atoms with Gasteiger partial charge in [-0.15, -0.1) is 0 Å². The number of sulfone groups is 1. The number of nitrogens with zero attached hydrogens (tertiary/aromatic N) is 1. The molecule has 5 aromatic rings. The fraction of sp³-hybridized carbons (Fsp3) is 0.216. The van der Waals surface area contributed by atoms with Crippen LogP contribution in [0.2, 0.25) is 0 Å². The van der Waals surface area contributed by atoms with E-state index in [9.17, 15) is 31.2 Å². The average Bonchev–Trinajstić information content (AvgIpc) is 3.11. The zero-order valence-electron chi connectivity index (χ0n) is 28.2. The Balaban J connectivity index is 1.66. The molecule has 1 unspecified atom stereocenters. The summed E-state index contributed by atoms with van der Waals surface area (Å²) >= 11 is 0. The van der Waals surface area contributed by atoms with Gasteiger partial charge in [0.2, 0.25) is 9.84 Å². The normalized spacial score (nSPS) is 12.9. The molecule has 1 heterocycles. The van der Waals surface area contributed by atoms with E-state index in [1.165, 1.54) is 79.0 Å². The van der Waals surface area contributed by atoms with Crippen LogP contribution in [0.1, 0.15) is 31.9 Å². The first-order valence-corrected chi connectivity index (χ1v) is 17.5. The third kappa shape index (κ3) is 8.04. The van der Waals surface area contributed by atoms with E-state index < -0.39 is 40.2 Å². The summed E-state index contributed by atoms with van der Waals surface area (Å²) < 4.78 is 85.9. The van der Waals surface area contributed by atoms with E-state index in [1.54, 1.807) is 45.0 Å². The second-order valence-corrected chi connectivity index (χ2v) is 13.6. The third-order valence-corrected chi connectivity index (χ3v) is 9.55. The topological polar surface area (TPSA) is 159 Å². The maximum Gasteiger partial charge on any atom is 0.491 e. The molecule has 11 nitrogen and oxygen atoms in total. The van der Waals surface area contributed by atoms with Crippen molar-refractivity contribution in [2.45, 2.75) is 55.1 Å². The molecule has 0 bridgehead atoms. The first-order valence-electron chi connectivity index (χ1n) is 16.0. The smallest absolute Gasteiger partial charge is 0.490 e. The van der Waals surface area contributed by atoms with Crippen molar-refractivity contribution in [2.24, 2.45) is 0 Å². The number of carbonyl (C=O) groups is 2. The van der Waals surface area contributed by atoms with Crippen LogP contribution >= 0.6 is 0 Å². The Hall–Kier alpha value is -5.83. The number of carbonyl (C=O) groups excluding carboxylic acids is 2. The fourth-order valence-corrected chi connectivity index (χ4v) is 6.87. The molecular weight excluding hydrogens is 701 g/mol. The van der Waals surface area contributed by atoms with Crippen molar-refractivity contribution in [3.63, 3.8) is 0 Å². The van der Waals surface area contributed by atoms with E-state index in [4.69, 9.17) is 19.9 Å². The van der Waals surface area contributed by atoms with Crippen molar-refractivity contribution < 1.29 is 45.4 Å². The number of nitrogens with two attached hydrogens (primary N) is 1. The van der Waals surface area contributed by atoms with E-state index in [1.807, 2.05) is 0 Å². The molecule has 1 atom stereocenters. The van der Waals surface area contributed by atoms with Gasteiger partial charge in [0.05, 0.1) is 22.5 Å². The summed E-state index contributed by atoms with van der Waals surface area (Å²) in [6, 6.07) is 23.3. The van der Waals surface area contributed by atoms with Gasteiger partial charge in [0.15, 0.2) is 11.5 Å². The highest BCUT2D eigenvalue weighted by Crippen LogP contribution is 2.38. The lowest BCUT2D eigenvalue weighted by Gasteiger charge is -2.35. The minimum Gasteiger partial charge on any atom is -0.490 e. The van der Waals surface area contributed by atoms with Gasteiger partial charge in [0, 0.05) is 29.4 Å². The summed E-state index contributed by atoms with van der Waals surface area (Å²) in [5.74, 6) is -3.51. The predicted octanol–water partition coefficient (Wildman–Crippen LogP) is 6.52. The molecule has 272 valence electrons. The second kappa shape index (κ2) is 15.2. The molecule has 0 spiro atoms. The summed E-state index contributed by atoms with van der Waals surface area (Å²) in [6.45, 7) is 4.79. The Morgan fingerprint density at radius 1 is 0.904 bits per heavy atom. The predicted molar refractivity (Wildman–Crippen MR) is 187 cm³/mol. The fourth-order valence-electron chi connectivity index (χ4n) is 5.36. The quantitative estimate of drug-likeness (QED) is 0.0897. The molecule has 4 N–H and O–H groups in total. The summed E-state index contributed by atoms with van der Waals surface area (Å²) in [5, 5.41) is 6.26. The van der Waals surface area contributed by atoms with E-state index >= 15 is 0 Å². The average molecular weight is 737 g/mol. The molecule has 15 heteroatoms. The monoisotopic (exact) mass is 736 g/mol. The molecule has 4 aromatic carbocycles. The first-order chi connectivity index (χ1) is 24.7. The van der Waals surface area contributed by atoms with Crippen LogP contribution in [0.3, 0.4) is 0 Å². The van der Waals surface area contributed by atoms with Gasteiger partial charge in [-0.05, 0) is 92.4 Å². The first kappa shape index (κ1) is 37.4. The van der Waals surface area contributed by atoms with Crippen LogP contribution in [0.25, 0.3) is 10.8 Å². The Kier molecular flexibility index (Phi) is 10.9. The number of halogens is 3. The lowest BCUT2D eigenvalue weighted by molar-refractivity contribution is -0.213. The van der Waals surface area contributed by atoms with E-state index in [2.05, 4.69) is 15.6 Å². The molecule has 0 aliphatic rings. The number of alkyl halides is 3. The number of amides is 1. The molecular formula is C37H35F3N4O7S. The highest BCUT2D eigenvalue weighted by atomic mass is 32.2. The van der Waals surface area contributed by atoms with E-state index in [0.29, 0.717) is 10.8 Å². The second-order valence-electron chi connectivity index (χ2n) is 11.7. The number of aromatic nitrogens is 1. The SMILES string of the molecule is CCOc1cc(C(Nc2ccc3c(N)nccc3c2)(OC(=O)C(F)(F)F)C(=O)NCc2ccccc2S(=O)(=O)c2ccccc2)ccc1OC(C)C. The van der Waals surface area contributed by atoms with Gasteiger partial charge >= 0.3 is 12.1 Å². The van der Waals surface area contributed by atoms with Crippen LogP contribution in [0.4, 0.5) is 24.7 Å². The third-order valence-electron chi connectivity index (χ3n) is 7.68. The van der Waals surface area contributed by atoms with Gasteiger partial charge in [-0.3, -0.25) is 4.79 Å². The van der Waals surface area contributed by atoms with Crippen LogP contribution in [-0.2, 0) is 36.4 Å². The number of fused-ring (bicyclic) bond motifs is 1. The molecule has 1 amide bonds. The molecule has 52 heavy (non-hydrogen) atoms. The lowest BCUT2D eigenvalue weighted by Crippen LogP contribution is -2.54. The van der Waals surface area contributed by atoms with Gasteiger partial charge in [0.25, 0.3) is 11.6 Å². The molecule has 0 saturated heterocycles. The van der Waals surface area contributed by atoms with Crippen LogP contribution in [0.5, 0.6) is 11.5 Å². The number of nitrogens with one attached hydrogen (secondary N) is 2. The number of ether oxygens (including phenoxy) is 3. The zero-order valence-corrected chi connectivity index (χ0v) is 29.0. The minimum atomic E-state index is -5.53. The molecule has 0 saturated carbocycles. The summed E-state index contributed by atoms with van der Waals surface area (Å²) in [5.41, 5.74) is 2.96. The van der Waals surface area contributed by atoms with Crippen LogP contribution in [0, 0.1) is 0 Å². The summed E-state index contributed by atoms with van der Waals surface area (Å²) in [7, 11) is -4.09. The lowest BCUT2D eigenvalue weighted by atomic mass is 9.99. The van der Waals surface area contributed by atoms with Crippen molar-refractivity contribution in [3.05, 3.63) is 114 Å².